The predicted octanol–water partition coefficient (Wildman–Crippen LogP) is 3.86. The number of nitrogens with zero attached hydrogens (tertiary/aromatic N) is 1. The van der Waals surface area contributed by atoms with Crippen molar-refractivity contribution in [1.82, 2.24) is 5.32 Å². The highest BCUT2D eigenvalue weighted by atomic mass is 16.6. The first-order valence-electron chi connectivity index (χ1n) is 9.91. The van der Waals surface area contributed by atoms with E-state index in [2.05, 4.69) is 10.6 Å². The lowest BCUT2D eigenvalue weighted by molar-refractivity contribution is -0.384. The number of hydrogen-bond donors (Lipinski definition) is 3. The maximum Gasteiger partial charge on any atom is 0.270 e. The summed E-state index contributed by atoms with van der Waals surface area (Å²) in [5.41, 5.74) is 4.02. The van der Waals surface area contributed by atoms with Gasteiger partial charge in [0.05, 0.1) is 16.6 Å². The van der Waals surface area contributed by atoms with Crippen molar-refractivity contribution in [2.75, 3.05) is 5.32 Å². The van der Waals surface area contributed by atoms with E-state index in [0.29, 0.717) is 25.1 Å². The van der Waals surface area contributed by atoms with Gasteiger partial charge in [-0.05, 0) is 62.3 Å². The molecule has 2 aromatic rings. The van der Waals surface area contributed by atoms with E-state index in [-0.39, 0.29) is 29.3 Å². The lowest BCUT2D eigenvalue weighted by atomic mass is 9.92. The maximum atomic E-state index is 12.8. The monoisotopic (exact) mass is 397 g/mol. The van der Waals surface area contributed by atoms with Gasteiger partial charge in [-0.3, -0.25) is 14.9 Å². The number of non-ortho nitro benzene ring substituents is 1. The summed E-state index contributed by atoms with van der Waals surface area (Å²) in [6.07, 6.45) is 2.73. The van der Waals surface area contributed by atoms with Crippen molar-refractivity contribution in [3.63, 3.8) is 0 Å². The van der Waals surface area contributed by atoms with Crippen LogP contribution in [0.25, 0.3) is 0 Å². The summed E-state index contributed by atoms with van der Waals surface area (Å²) in [7, 11) is 0. The number of anilines is 1. The Balaban J connectivity index is 1.76. The molecule has 0 heterocycles. The molecule has 0 spiro atoms. The number of benzene rings is 2. The zero-order valence-electron chi connectivity index (χ0n) is 16.8. The lowest BCUT2D eigenvalue weighted by Crippen LogP contribution is -2.30. The normalized spacial score (nSPS) is 18.9. The summed E-state index contributed by atoms with van der Waals surface area (Å²) >= 11 is 0. The molecule has 0 bridgehead atoms. The second kappa shape index (κ2) is 9.05. The molecule has 7 heteroatoms. The fraction of sp³-hybridized carbons (Fsp3) is 0.409. The Hall–Kier alpha value is -2.93. The third kappa shape index (κ3) is 5.32. The average Bonchev–Trinajstić information content (AvgIpc) is 2.70. The quantitative estimate of drug-likeness (QED) is 0.507. The number of carbonyl (C=O) groups excluding carboxylic acids is 1. The minimum Gasteiger partial charge on any atom is -0.393 e. The van der Waals surface area contributed by atoms with Gasteiger partial charge >= 0.3 is 0 Å². The SMILES string of the molecule is Cc1ccc(CNC(=O)c2cc([N+](=O)[O-])ccc2N[C@H]2CC[C@@H](O)CC2)cc1C. The van der Waals surface area contributed by atoms with Crippen LogP contribution in [-0.4, -0.2) is 28.1 Å². The second-order valence-electron chi connectivity index (χ2n) is 7.74. The molecule has 2 aromatic carbocycles. The number of nitrogens with one attached hydrogen (secondary N) is 2. The van der Waals surface area contributed by atoms with Crippen LogP contribution < -0.4 is 10.6 Å². The number of rotatable bonds is 6. The molecule has 1 saturated carbocycles. The summed E-state index contributed by atoms with van der Waals surface area (Å²) in [6.45, 7) is 4.39. The molecule has 0 unspecified atom stereocenters. The predicted molar refractivity (Wildman–Crippen MR) is 112 cm³/mol. The smallest absolute Gasteiger partial charge is 0.270 e. The van der Waals surface area contributed by atoms with Crippen molar-refractivity contribution < 1.29 is 14.8 Å². The maximum absolute atomic E-state index is 12.8. The van der Waals surface area contributed by atoms with Gasteiger partial charge in [0, 0.05) is 30.4 Å². The van der Waals surface area contributed by atoms with Crippen molar-refractivity contribution in [2.45, 2.75) is 58.2 Å². The standard InChI is InChI=1S/C22H27N3O4/c1-14-3-4-16(11-15(14)2)13-23-22(27)20-12-18(25(28)29)7-10-21(20)24-17-5-8-19(26)9-6-17/h3-4,7,10-12,17,19,24,26H,5-6,8-9,13H2,1-2H3,(H,23,27)/t17-,19+. The first-order valence-corrected chi connectivity index (χ1v) is 9.91. The molecular weight excluding hydrogens is 370 g/mol. The fourth-order valence-corrected chi connectivity index (χ4v) is 3.59. The number of aliphatic hydroxyl groups excluding tert-OH is 1. The van der Waals surface area contributed by atoms with E-state index >= 15 is 0 Å². The van der Waals surface area contributed by atoms with Crippen LogP contribution in [0.3, 0.4) is 0 Å². The highest BCUT2D eigenvalue weighted by Gasteiger charge is 2.22. The molecule has 1 fully saturated rings. The Morgan fingerprint density at radius 1 is 1.10 bits per heavy atom. The molecule has 0 radical (unpaired) electrons. The molecule has 0 aromatic heterocycles. The number of nitro benzene ring substituents is 1. The molecule has 0 atom stereocenters. The fourth-order valence-electron chi connectivity index (χ4n) is 3.59. The zero-order chi connectivity index (χ0) is 21.0. The number of amides is 1. The Labute approximate surface area is 170 Å². The van der Waals surface area contributed by atoms with Crippen LogP contribution in [0.15, 0.2) is 36.4 Å². The van der Waals surface area contributed by atoms with Crippen LogP contribution in [0.4, 0.5) is 11.4 Å². The number of hydrogen-bond acceptors (Lipinski definition) is 5. The Kier molecular flexibility index (Phi) is 6.49. The van der Waals surface area contributed by atoms with E-state index in [0.717, 1.165) is 24.0 Å². The minimum atomic E-state index is -0.499. The van der Waals surface area contributed by atoms with Gasteiger partial charge in [0.15, 0.2) is 0 Å². The van der Waals surface area contributed by atoms with Crippen LogP contribution in [0.5, 0.6) is 0 Å². The molecule has 154 valence electrons. The summed E-state index contributed by atoms with van der Waals surface area (Å²) in [5.74, 6) is -0.356. The molecule has 3 N–H and O–H groups in total. The van der Waals surface area contributed by atoms with E-state index in [9.17, 15) is 20.0 Å². The van der Waals surface area contributed by atoms with E-state index in [1.165, 1.54) is 17.7 Å². The van der Waals surface area contributed by atoms with Gasteiger partial charge < -0.3 is 15.7 Å². The van der Waals surface area contributed by atoms with Crippen LogP contribution >= 0.6 is 0 Å². The minimum absolute atomic E-state index is 0.119. The number of carbonyl (C=O) groups is 1. The second-order valence-corrected chi connectivity index (χ2v) is 7.74. The molecule has 0 saturated heterocycles. The molecule has 29 heavy (non-hydrogen) atoms. The van der Waals surface area contributed by atoms with Crippen molar-refractivity contribution in [1.29, 1.82) is 0 Å². The molecule has 7 nitrogen and oxygen atoms in total. The highest BCUT2D eigenvalue weighted by Crippen LogP contribution is 2.27. The Morgan fingerprint density at radius 2 is 1.83 bits per heavy atom. The van der Waals surface area contributed by atoms with Gasteiger partial charge in [-0.15, -0.1) is 0 Å². The summed E-state index contributed by atoms with van der Waals surface area (Å²) < 4.78 is 0. The van der Waals surface area contributed by atoms with Crippen molar-refractivity contribution in [3.8, 4) is 0 Å². The first-order chi connectivity index (χ1) is 13.8. The highest BCUT2D eigenvalue weighted by molar-refractivity contribution is 6.00. The van der Waals surface area contributed by atoms with Crippen LogP contribution in [-0.2, 0) is 6.54 Å². The van der Waals surface area contributed by atoms with Crippen molar-refractivity contribution in [3.05, 3.63) is 68.8 Å². The molecule has 1 aliphatic carbocycles. The molecule has 1 aliphatic rings. The van der Waals surface area contributed by atoms with Crippen LogP contribution in [0.2, 0.25) is 0 Å². The summed E-state index contributed by atoms with van der Waals surface area (Å²) in [6, 6.07) is 10.4. The van der Waals surface area contributed by atoms with Gasteiger partial charge in [0.1, 0.15) is 0 Å². The zero-order valence-corrected chi connectivity index (χ0v) is 16.8. The molecule has 1 amide bonds. The van der Waals surface area contributed by atoms with Gasteiger partial charge in [-0.1, -0.05) is 18.2 Å². The number of aryl methyl sites for hydroxylation is 2. The third-order valence-corrected chi connectivity index (χ3v) is 5.54. The van der Waals surface area contributed by atoms with E-state index in [1.54, 1.807) is 6.07 Å². The van der Waals surface area contributed by atoms with Crippen LogP contribution in [0, 0.1) is 24.0 Å². The van der Waals surface area contributed by atoms with Gasteiger partial charge in [-0.25, -0.2) is 0 Å². The van der Waals surface area contributed by atoms with Gasteiger partial charge in [0.2, 0.25) is 0 Å². The third-order valence-electron chi connectivity index (χ3n) is 5.54. The number of nitro groups is 1. The largest absolute Gasteiger partial charge is 0.393 e. The van der Waals surface area contributed by atoms with Gasteiger partial charge in [-0.2, -0.15) is 0 Å². The van der Waals surface area contributed by atoms with Gasteiger partial charge in [0.25, 0.3) is 11.6 Å². The summed E-state index contributed by atoms with van der Waals surface area (Å²) in [4.78, 5) is 23.5. The molecule has 0 aliphatic heterocycles. The summed E-state index contributed by atoms with van der Waals surface area (Å²) in [5, 5.41) is 27.1. The molecule has 3 rings (SSSR count). The van der Waals surface area contributed by atoms with E-state index in [1.807, 2.05) is 32.0 Å². The van der Waals surface area contributed by atoms with E-state index in [4.69, 9.17) is 0 Å². The van der Waals surface area contributed by atoms with Crippen molar-refractivity contribution >= 4 is 17.3 Å². The van der Waals surface area contributed by atoms with Crippen LogP contribution in [0.1, 0.15) is 52.7 Å². The van der Waals surface area contributed by atoms with Crippen molar-refractivity contribution in [2.24, 2.45) is 0 Å². The Bertz CT molecular complexity index is 905. The lowest BCUT2D eigenvalue weighted by Gasteiger charge is -2.27. The number of aliphatic hydroxyl groups is 1. The average molecular weight is 397 g/mol. The Morgan fingerprint density at radius 3 is 2.48 bits per heavy atom. The van der Waals surface area contributed by atoms with E-state index < -0.39 is 4.92 Å². The first kappa shape index (κ1) is 20.8. The topological polar surface area (TPSA) is 104 Å². The molecular formula is C22H27N3O4.